The van der Waals surface area contributed by atoms with Crippen LogP contribution in [0.2, 0.25) is 0 Å². The highest BCUT2D eigenvalue weighted by Crippen LogP contribution is 2.40. The molecule has 0 saturated heterocycles. The maximum atomic E-state index is 13.2. The van der Waals surface area contributed by atoms with Crippen molar-refractivity contribution in [3.8, 4) is 5.75 Å². The number of carbonyl (C=O) groups is 1. The Bertz CT molecular complexity index is 974. The Morgan fingerprint density at radius 1 is 1.21 bits per heavy atom. The first-order valence-corrected chi connectivity index (χ1v) is 8.17. The molecular formula is C18H14F3N3O5. The van der Waals surface area contributed by atoms with Crippen LogP contribution in [-0.4, -0.2) is 39.9 Å². The van der Waals surface area contributed by atoms with Gasteiger partial charge in [-0.2, -0.15) is 23.3 Å². The van der Waals surface area contributed by atoms with Crippen LogP contribution in [0.4, 0.5) is 18.9 Å². The number of aliphatic hydroxyl groups is 1. The molecule has 152 valence electrons. The summed E-state index contributed by atoms with van der Waals surface area (Å²) in [7, 11) is 1.40. The van der Waals surface area contributed by atoms with Gasteiger partial charge in [0.25, 0.3) is 11.6 Å². The summed E-state index contributed by atoms with van der Waals surface area (Å²) in [6.45, 7) is 0. The molecule has 3 rings (SSSR count). The van der Waals surface area contributed by atoms with E-state index in [0.29, 0.717) is 10.8 Å². The first kappa shape index (κ1) is 20.3. The quantitative estimate of drug-likeness (QED) is 0.617. The fourth-order valence-corrected chi connectivity index (χ4v) is 2.85. The average Bonchev–Trinajstić information content (AvgIpc) is 3.06. The van der Waals surface area contributed by atoms with Gasteiger partial charge < -0.3 is 9.84 Å². The number of nitro benzene ring substituents is 1. The maximum Gasteiger partial charge on any atom is 0.431 e. The first-order chi connectivity index (χ1) is 13.6. The van der Waals surface area contributed by atoms with E-state index in [2.05, 4.69) is 5.10 Å². The number of hydrazone groups is 1. The monoisotopic (exact) mass is 409 g/mol. The van der Waals surface area contributed by atoms with Gasteiger partial charge in [0.15, 0.2) is 5.72 Å². The number of rotatable bonds is 4. The van der Waals surface area contributed by atoms with Gasteiger partial charge in [0.1, 0.15) is 11.5 Å². The molecule has 0 aliphatic carbocycles. The van der Waals surface area contributed by atoms with Crippen LogP contribution in [-0.2, 0) is 5.72 Å². The number of nitrogens with zero attached hydrogens (tertiary/aromatic N) is 3. The molecule has 11 heteroatoms. The van der Waals surface area contributed by atoms with E-state index in [0.717, 1.165) is 24.3 Å². The first-order valence-electron chi connectivity index (χ1n) is 8.17. The molecule has 2 aromatic rings. The number of ether oxygens (including phenoxy) is 1. The van der Waals surface area contributed by atoms with E-state index in [1.54, 1.807) is 0 Å². The summed E-state index contributed by atoms with van der Waals surface area (Å²) in [6, 6.07) is 9.72. The second-order valence-electron chi connectivity index (χ2n) is 6.19. The highest BCUT2D eigenvalue weighted by atomic mass is 19.4. The van der Waals surface area contributed by atoms with E-state index in [-0.39, 0.29) is 16.8 Å². The molecule has 1 aliphatic heterocycles. The molecule has 1 amide bonds. The van der Waals surface area contributed by atoms with Crippen LogP contribution in [0.15, 0.2) is 53.6 Å². The Balaban J connectivity index is 2.03. The lowest BCUT2D eigenvalue weighted by atomic mass is 9.96. The molecule has 0 bridgehead atoms. The molecule has 1 atom stereocenters. The zero-order valence-electron chi connectivity index (χ0n) is 14.9. The molecule has 0 radical (unpaired) electrons. The van der Waals surface area contributed by atoms with Gasteiger partial charge in [-0.25, -0.2) is 0 Å². The van der Waals surface area contributed by atoms with E-state index in [9.17, 15) is 33.2 Å². The van der Waals surface area contributed by atoms with Gasteiger partial charge >= 0.3 is 6.18 Å². The van der Waals surface area contributed by atoms with Gasteiger partial charge in [0.05, 0.1) is 18.5 Å². The summed E-state index contributed by atoms with van der Waals surface area (Å²) in [5.74, 6) is -0.641. The van der Waals surface area contributed by atoms with E-state index in [1.165, 1.54) is 31.4 Å². The average molecular weight is 409 g/mol. The van der Waals surface area contributed by atoms with E-state index < -0.39 is 34.9 Å². The van der Waals surface area contributed by atoms with Crippen LogP contribution in [0.5, 0.6) is 5.75 Å². The van der Waals surface area contributed by atoms with Crippen LogP contribution in [0, 0.1) is 10.1 Å². The zero-order chi connectivity index (χ0) is 21.4. The summed E-state index contributed by atoms with van der Waals surface area (Å²) in [5.41, 5.74) is -4.19. The smallest absolute Gasteiger partial charge is 0.431 e. The third-order valence-electron chi connectivity index (χ3n) is 4.38. The number of methoxy groups -OCH3 is 1. The summed E-state index contributed by atoms with van der Waals surface area (Å²) >= 11 is 0. The molecule has 0 unspecified atom stereocenters. The van der Waals surface area contributed by atoms with Crippen molar-refractivity contribution in [3.05, 3.63) is 69.8 Å². The van der Waals surface area contributed by atoms with Crippen molar-refractivity contribution in [2.75, 3.05) is 7.11 Å². The molecule has 0 saturated carbocycles. The van der Waals surface area contributed by atoms with Gasteiger partial charge in [0, 0.05) is 23.3 Å². The molecule has 1 aliphatic rings. The third-order valence-corrected chi connectivity index (χ3v) is 4.38. The minimum atomic E-state index is -4.86. The fraction of sp³-hybridized carbons (Fsp3) is 0.222. The van der Waals surface area contributed by atoms with Crippen LogP contribution in [0.1, 0.15) is 22.3 Å². The lowest BCUT2D eigenvalue weighted by Crippen LogP contribution is -2.43. The van der Waals surface area contributed by atoms with Crippen LogP contribution in [0.25, 0.3) is 0 Å². The van der Waals surface area contributed by atoms with Gasteiger partial charge in [-0.15, -0.1) is 0 Å². The molecule has 1 heterocycles. The van der Waals surface area contributed by atoms with Crippen LogP contribution < -0.4 is 4.74 Å². The fourth-order valence-electron chi connectivity index (χ4n) is 2.85. The van der Waals surface area contributed by atoms with Gasteiger partial charge in [0.2, 0.25) is 0 Å². The minimum Gasteiger partial charge on any atom is -0.497 e. The van der Waals surface area contributed by atoms with Crippen molar-refractivity contribution in [2.24, 2.45) is 5.10 Å². The Kier molecular flexibility index (Phi) is 5.01. The SMILES string of the molecule is COc1ccc([C@@]2(O)CC(C(F)(F)F)=NN2C(=O)c2ccc([N+](=O)[O-])cc2)cc1. The number of benzene rings is 2. The second kappa shape index (κ2) is 7.17. The number of halogens is 3. The summed E-state index contributed by atoms with van der Waals surface area (Å²) in [5, 5.41) is 25.5. The summed E-state index contributed by atoms with van der Waals surface area (Å²) < 4.78 is 44.7. The van der Waals surface area contributed by atoms with Crippen molar-refractivity contribution in [1.82, 2.24) is 5.01 Å². The van der Waals surface area contributed by atoms with Crippen molar-refractivity contribution in [2.45, 2.75) is 18.3 Å². The Labute approximate surface area is 162 Å². The van der Waals surface area contributed by atoms with E-state index in [1.807, 2.05) is 0 Å². The maximum absolute atomic E-state index is 13.2. The van der Waals surface area contributed by atoms with Gasteiger partial charge in [-0.3, -0.25) is 14.9 Å². The molecule has 29 heavy (non-hydrogen) atoms. The molecule has 2 aromatic carbocycles. The number of hydrogen-bond donors (Lipinski definition) is 1. The number of non-ortho nitro benzene ring substituents is 1. The third kappa shape index (κ3) is 3.76. The molecule has 8 nitrogen and oxygen atoms in total. The zero-order valence-corrected chi connectivity index (χ0v) is 14.9. The highest BCUT2D eigenvalue weighted by Gasteiger charge is 2.53. The number of carbonyl (C=O) groups excluding carboxylic acids is 1. The Morgan fingerprint density at radius 2 is 1.79 bits per heavy atom. The topological polar surface area (TPSA) is 105 Å². The predicted molar refractivity (Wildman–Crippen MR) is 94.3 cm³/mol. The summed E-state index contributed by atoms with van der Waals surface area (Å²) in [6.07, 6.45) is -5.83. The Hall–Kier alpha value is -3.47. The summed E-state index contributed by atoms with van der Waals surface area (Å²) in [4.78, 5) is 22.9. The lowest BCUT2D eigenvalue weighted by Gasteiger charge is -2.31. The number of alkyl halides is 3. The van der Waals surface area contributed by atoms with Crippen molar-refractivity contribution in [3.63, 3.8) is 0 Å². The molecule has 1 N–H and O–H groups in total. The largest absolute Gasteiger partial charge is 0.497 e. The lowest BCUT2D eigenvalue weighted by molar-refractivity contribution is -0.384. The van der Waals surface area contributed by atoms with Gasteiger partial charge in [-0.1, -0.05) is 12.1 Å². The van der Waals surface area contributed by atoms with E-state index >= 15 is 0 Å². The normalized spacial score (nSPS) is 19.1. The molecule has 0 aromatic heterocycles. The predicted octanol–water partition coefficient (Wildman–Crippen LogP) is 3.21. The van der Waals surface area contributed by atoms with Crippen molar-refractivity contribution < 1.29 is 32.7 Å². The minimum absolute atomic E-state index is 0.00318. The van der Waals surface area contributed by atoms with E-state index in [4.69, 9.17) is 4.74 Å². The number of nitro groups is 1. The van der Waals surface area contributed by atoms with Crippen molar-refractivity contribution in [1.29, 1.82) is 0 Å². The van der Waals surface area contributed by atoms with Crippen molar-refractivity contribution >= 4 is 17.3 Å². The molecule has 0 spiro atoms. The Morgan fingerprint density at radius 3 is 2.28 bits per heavy atom. The number of amides is 1. The number of hydrogen-bond acceptors (Lipinski definition) is 6. The highest BCUT2D eigenvalue weighted by molar-refractivity contribution is 6.00. The van der Waals surface area contributed by atoms with Crippen LogP contribution >= 0.6 is 0 Å². The molecular weight excluding hydrogens is 395 g/mol. The van der Waals surface area contributed by atoms with Gasteiger partial charge in [-0.05, 0) is 24.3 Å². The molecule has 0 fully saturated rings. The standard InChI is InChI=1S/C18H14F3N3O5/c1-29-14-8-4-12(5-9-14)17(26)10-15(18(19,20)21)22-23(17)16(25)11-2-6-13(7-3-11)24(27)28/h2-9,26H,10H2,1H3/t17-/m0/s1. The second-order valence-corrected chi connectivity index (χ2v) is 6.19. The van der Waals surface area contributed by atoms with Crippen LogP contribution in [0.3, 0.4) is 0 Å².